The minimum Gasteiger partial charge on any atom is -0.414 e. The van der Waals surface area contributed by atoms with Crippen LogP contribution in [-0.2, 0) is 0 Å². The molecule has 1 unspecified atom stereocenters. The van der Waals surface area contributed by atoms with E-state index in [0.717, 1.165) is 16.0 Å². The monoisotopic (exact) mass is 196 g/mol. The number of fused-ring (bicyclic) bond motifs is 1. The molecule has 68 valence electrons. The maximum absolute atomic E-state index is 10.9. The van der Waals surface area contributed by atoms with E-state index in [2.05, 4.69) is 0 Å². The summed E-state index contributed by atoms with van der Waals surface area (Å²) in [6.45, 7) is 1.65. The number of aliphatic hydroxyl groups is 1. The van der Waals surface area contributed by atoms with Crippen molar-refractivity contribution in [3.05, 3.63) is 33.5 Å². The van der Waals surface area contributed by atoms with E-state index >= 15 is 0 Å². The van der Waals surface area contributed by atoms with Gasteiger partial charge in [-0.1, -0.05) is 23.5 Å². The Labute approximate surface area is 78.2 Å². The minimum absolute atomic E-state index is 0.330. The number of benzene rings is 1. The second-order valence-electron chi connectivity index (χ2n) is 2.80. The Balaban J connectivity index is 2.82. The van der Waals surface area contributed by atoms with E-state index in [9.17, 15) is 9.90 Å². The molecule has 1 atom stereocenters. The number of aliphatic hydroxyl groups excluding tert-OH is 1. The third-order valence-corrected chi connectivity index (χ3v) is 2.63. The van der Waals surface area contributed by atoms with Crippen molar-refractivity contribution in [2.75, 3.05) is 0 Å². The molecule has 0 bridgehead atoms. The van der Waals surface area contributed by atoms with Gasteiger partial charge in [-0.15, -0.1) is 0 Å². The van der Waals surface area contributed by atoms with Crippen molar-refractivity contribution >= 4 is 21.6 Å². The Hall–Kier alpha value is -1.13. The summed E-state index contributed by atoms with van der Waals surface area (Å²) >= 11 is 1.05. The Morgan fingerprint density at radius 1 is 1.54 bits per heavy atom. The molecule has 2 aromatic rings. The first kappa shape index (κ1) is 8.47. The first-order valence-corrected chi connectivity index (χ1v) is 4.71. The Kier molecular flexibility index (Phi) is 1.94. The zero-order valence-corrected chi connectivity index (χ0v) is 7.80. The summed E-state index contributed by atoms with van der Waals surface area (Å²) in [4.78, 5) is 10.6. The van der Waals surface area contributed by atoms with E-state index in [0.29, 0.717) is 11.1 Å². The molecule has 0 aliphatic rings. The lowest BCUT2D eigenvalue weighted by Crippen LogP contribution is -1.90. The van der Waals surface area contributed by atoms with Gasteiger partial charge >= 0.3 is 4.94 Å². The van der Waals surface area contributed by atoms with Crippen molar-refractivity contribution in [1.82, 2.24) is 0 Å². The molecule has 0 aliphatic heterocycles. The van der Waals surface area contributed by atoms with Gasteiger partial charge in [0, 0.05) is 5.56 Å². The van der Waals surface area contributed by atoms with Crippen LogP contribution >= 0.6 is 11.3 Å². The number of hydrogen-bond donors (Lipinski definition) is 1. The smallest absolute Gasteiger partial charge is 0.396 e. The lowest BCUT2D eigenvalue weighted by Gasteiger charge is -2.02. The maximum Gasteiger partial charge on any atom is 0.396 e. The van der Waals surface area contributed by atoms with Gasteiger partial charge in [0.25, 0.3) is 0 Å². The van der Waals surface area contributed by atoms with Crippen LogP contribution in [0.2, 0.25) is 0 Å². The van der Waals surface area contributed by atoms with Crippen molar-refractivity contribution in [3.63, 3.8) is 0 Å². The molecule has 1 N–H and O–H groups in total. The van der Waals surface area contributed by atoms with E-state index in [1.807, 2.05) is 0 Å². The van der Waals surface area contributed by atoms with Crippen molar-refractivity contribution in [1.29, 1.82) is 0 Å². The normalized spacial score (nSPS) is 13.4. The molecule has 1 heterocycles. The molecule has 1 aromatic heterocycles. The van der Waals surface area contributed by atoms with Gasteiger partial charge in [-0.2, -0.15) is 0 Å². The first-order chi connectivity index (χ1) is 6.18. The van der Waals surface area contributed by atoms with Crippen LogP contribution in [0.5, 0.6) is 0 Å². The van der Waals surface area contributed by atoms with Crippen LogP contribution < -0.4 is 4.94 Å². The molecule has 0 aliphatic carbocycles. The van der Waals surface area contributed by atoms with Gasteiger partial charge in [-0.3, -0.25) is 0 Å². The highest BCUT2D eigenvalue weighted by molar-refractivity contribution is 7.16. The van der Waals surface area contributed by atoms with Gasteiger partial charge in [0.15, 0.2) is 5.58 Å². The summed E-state index contributed by atoms with van der Waals surface area (Å²) in [7, 11) is 0. The number of hydrogen-bond acceptors (Lipinski definition) is 4. The van der Waals surface area contributed by atoms with Gasteiger partial charge < -0.3 is 9.52 Å². The van der Waals surface area contributed by atoms with Crippen molar-refractivity contribution < 1.29 is 9.52 Å². The predicted octanol–water partition coefficient (Wildman–Crippen LogP) is 1.91. The van der Waals surface area contributed by atoms with Crippen LogP contribution in [0.15, 0.2) is 27.4 Å². The summed E-state index contributed by atoms with van der Waals surface area (Å²) in [5.74, 6) is 0. The maximum atomic E-state index is 10.9. The molecule has 1 aromatic carbocycles. The van der Waals surface area contributed by atoms with Crippen LogP contribution in [0, 0.1) is 0 Å². The Morgan fingerprint density at radius 3 is 3.00 bits per heavy atom. The molecule has 2 rings (SSSR count). The fourth-order valence-electron chi connectivity index (χ4n) is 1.25. The van der Waals surface area contributed by atoms with E-state index in [1.54, 1.807) is 25.1 Å². The topological polar surface area (TPSA) is 50.4 Å². The quantitative estimate of drug-likeness (QED) is 0.757. The average Bonchev–Trinajstić information content (AvgIpc) is 2.43. The lowest BCUT2D eigenvalue weighted by molar-refractivity contribution is 0.199. The molecule has 0 spiro atoms. The summed E-state index contributed by atoms with van der Waals surface area (Å²) in [6, 6.07) is 5.36. The molecule has 0 amide bonds. The fraction of sp³-hybridized carbons (Fsp3) is 0.222. The highest BCUT2D eigenvalue weighted by Gasteiger charge is 2.10. The molecule has 13 heavy (non-hydrogen) atoms. The third-order valence-electron chi connectivity index (χ3n) is 1.84. The fourth-order valence-corrected chi connectivity index (χ4v) is 1.95. The van der Waals surface area contributed by atoms with Gasteiger partial charge in [0.1, 0.15) is 0 Å². The van der Waals surface area contributed by atoms with Crippen LogP contribution in [0.1, 0.15) is 18.6 Å². The van der Waals surface area contributed by atoms with Crippen molar-refractivity contribution in [2.45, 2.75) is 13.0 Å². The second-order valence-corrected chi connectivity index (χ2v) is 3.78. The predicted molar refractivity (Wildman–Crippen MR) is 51.0 cm³/mol. The van der Waals surface area contributed by atoms with Crippen LogP contribution in [0.4, 0.5) is 0 Å². The average molecular weight is 196 g/mol. The second kappa shape index (κ2) is 2.97. The van der Waals surface area contributed by atoms with Gasteiger partial charge in [0.05, 0.1) is 10.8 Å². The number of para-hydroxylation sites is 1. The molecule has 0 fully saturated rings. The molecular formula is C9H8O3S. The summed E-state index contributed by atoms with van der Waals surface area (Å²) < 4.78 is 5.74. The first-order valence-electron chi connectivity index (χ1n) is 3.89. The molecule has 4 heteroatoms. The standard InChI is InChI=1S/C9H8O3S/c1-5(10)6-3-2-4-7-8(6)12-9(11)13-7/h2-5,10H,1H3. The highest BCUT2D eigenvalue weighted by atomic mass is 32.1. The van der Waals surface area contributed by atoms with E-state index in [-0.39, 0.29) is 4.94 Å². The third kappa shape index (κ3) is 1.38. The summed E-state index contributed by atoms with van der Waals surface area (Å²) in [5, 5.41) is 9.37. The van der Waals surface area contributed by atoms with E-state index in [4.69, 9.17) is 4.42 Å². The summed E-state index contributed by atoms with van der Waals surface area (Å²) in [6.07, 6.45) is -0.610. The molecule has 0 saturated heterocycles. The van der Waals surface area contributed by atoms with Gasteiger partial charge in [0.2, 0.25) is 0 Å². The molecule has 0 radical (unpaired) electrons. The van der Waals surface area contributed by atoms with Crippen molar-refractivity contribution in [2.24, 2.45) is 0 Å². The van der Waals surface area contributed by atoms with Gasteiger partial charge in [-0.05, 0) is 13.0 Å². The zero-order valence-electron chi connectivity index (χ0n) is 6.98. The van der Waals surface area contributed by atoms with Gasteiger partial charge in [-0.25, -0.2) is 4.79 Å². The number of rotatable bonds is 1. The van der Waals surface area contributed by atoms with E-state index in [1.165, 1.54) is 0 Å². The molecular weight excluding hydrogens is 188 g/mol. The highest BCUT2D eigenvalue weighted by Crippen LogP contribution is 2.25. The lowest BCUT2D eigenvalue weighted by atomic mass is 10.1. The Morgan fingerprint density at radius 2 is 2.31 bits per heavy atom. The SMILES string of the molecule is CC(O)c1cccc2sc(=O)oc12. The summed E-state index contributed by atoms with van der Waals surface area (Å²) in [5.41, 5.74) is 1.17. The molecule has 0 saturated carbocycles. The van der Waals surface area contributed by atoms with E-state index < -0.39 is 6.10 Å². The van der Waals surface area contributed by atoms with Crippen LogP contribution in [0.3, 0.4) is 0 Å². The minimum atomic E-state index is -0.610. The molecule has 3 nitrogen and oxygen atoms in total. The van der Waals surface area contributed by atoms with Crippen molar-refractivity contribution in [3.8, 4) is 0 Å². The van der Waals surface area contributed by atoms with Crippen LogP contribution in [-0.4, -0.2) is 5.11 Å². The Bertz CT molecular complexity index is 481. The largest absolute Gasteiger partial charge is 0.414 e. The zero-order chi connectivity index (χ0) is 9.42. The van der Waals surface area contributed by atoms with Crippen LogP contribution in [0.25, 0.3) is 10.3 Å².